The minimum absolute atomic E-state index is 0.214. The third-order valence-corrected chi connectivity index (χ3v) is 4.91. The minimum Gasteiger partial charge on any atom is -0.354 e. The largest absolute Gasteiger partial charge is 0.354 e. The van der Waals surface area contributed by atoms with Gasteiger partial charge in [-0.25, -0.2) is 4.39 Å². The van der Waals surface area contributed by atoms with Gasteiger partial charge >= 0.3 is 0 Å². The Hall–Kier alpha value is -2.24. The maximum atomic E-state index is 13.5. The standard InChI is InChI=1S/C18H21FN2O3/c19-15-8-4-1-5-12(15)9-10-20-16(22)11-21-17(23)13-6-2-3-7-14(13)18(21)24/h1,4-5,8,13-14H,2-3,6-7,9-11H2,(H,20,22). The lowest BCUT2D eigenvalue weighted by Gasteiger charge is -2.19. The number of carbonyl (C=O) groups excluding carboxylic acids is 3. The zero-order chi connectivity index (χ0) is 17.1. The second kappa shape index (κ2) is 7.11. The third kappa shape index (κ3) is 3.32. The number of nitrogens with one attached hydrogen (secondary N) is 1. The lowest BCUT2D eigenvalue weighted by Crippen LogP contribution is -2.41. The number of nitrogens with zero attached hydrogens (tertiary/aromatic N) is 1. The van der Waals surface area contributed by atoms with E-state index in [9.17, 15) is 18.8 Å². The van der Waals surface area contributed by atoms with Gasteiger partial charge in [-0.1, -0.05) is 31.0 Å². The molecule has 1 aliphatic carbocycles. The number of fused-ring (bicyclic) bond motifs is 1. The van der Waals surface area contributed by atoms with Crippen LogP contribution in [0.15, 0.2) is 24.3 Å². The van der Waals surface area contributed by atoms with Crippen LogP contribution in [0.5, 0.6) is 0 Å². The Balaban J connectivity index is 1.51. The maximum Gasteiger partial charge on any atom is 0.240 e. The van der Waals surface area contributed by atoms with Crippen molar-refractivity contribution in [3.63, 3.8) is 0 Å². The van der Waals surface area contributed by atoms with Crippen molar-refractivity contribution < 1.29 is 18.8 Å². The number of carbonyl (C=O) groups is 3. The van der Waals surface area contributed by atoms with Crippen LogP contribution in [0.3, 0.4) is 0 Å². The summed E-state index contributed by atoms with van der Waals surface area (Å²) < 4.78 is 13.5. The number of halogens is 1. The van der Waals surface area contributed by atoms with E-state index in [0.29, 0.717) is 12.0 Å². The van der Waals surface area contributed by atoms with Crippen molar-refractivity contribution in [3.8, 4) is 0 Å². The van der Waals surface area contributed by atoms with E-state index in [1.165, 1.54) is 6.07 Å². The Morgan fingerprint density at radius 1 is 1.12 bits per heavy atom. The van der Waals surface area contributed by atoms with E-state index in [4.69, 9.17) is 0 Å². The summed E-state index contributed by atoms with van der Waals surface area (Å²) in [6.45, 7) is 0.0325. The second-order valence-corrected chi connectivity index (χ2v) is 6.45. The molecule has 6 heteroatoms. The predicted octanol–water partition coefficient (Wildman–Crippen LogP) is 1.66. The van der Waals surface area contributed by atoms with Crippen LogP contribution in [-0.2, 0) is 20.8 Å². The highest BCUT2D eigenvalue weighted by molar-refractivity contribution is 6.07. The number of hydrogen-bond donors (Lipinski definition) is 1. The first-order chi connectivity index (χ1) is 11.6. The SMILES string of the molecule is O=C(CN1C(=O)C2CCCCC2C1=O)NCCc1ccccc1F. The molecule has 1 aromatic carbocycles. The molecule has 0 spiro atoms. The van der Waals surface area contributed by atoms with Crippen molar-refractivity contribution in [1.82, 2.24) is 10.2 Å². The smallest absolute Gasteiger partial charge is 0.240 e. The Morgan fingerprint density at radius 2 is 1.75 bits per heavy atom. The first kappa shape index (κ1) is 16.6. The summed E-state index contributed by atoms with van der Waals surface area (Å²) in [5.41, 5.74) is 0.525. The van der Waals surface area contributed by atoms with Crippen LogP contribution in [0.1, 0.15) is 31.2 Å². The Kier molecular flexibility index (Phi) is 4.92. The van der Waals surface area contributed by atoms with Crippen molar-refractivity contribution in [2.75, 3.05) is 13.1 Å². The van der Waals surface area contributed by atoms with Crippen LogP contribution >= 0.6 is 0 Å². The fourth-order valence-corrected chi connectivity index (χ4v) is 3.62. The summed E-state index contributed by atoms with van der Waals surface area (Å²) in [6.07, 6.45) is 3.76. The molecule has 2 atom stereocenters. The summed E-state index contributed by atoms with van der Waals surface area (Å²) in [6, 6.07) is 6.39. The average molecular weight is 332 g/mol. The van der Waals surface area contributed by atoms with Gasteiger partial charge < -0.3 is 5.32 Å². The van der Waals surface area contributed by atoms with Gasteiger partial charge in [-0.15, -0.1) is 0 Å². The second-order valence-electron chi connectivity index (χ2n) is 6.45. The molecule has 3 amide bonds. The van der Waals surface area contributed by atoms with Gasteiger partial charge in [0.25, 0.3) is 0 Å². The fourth-order valence-electron chi connectivity index (χ4n) is 3.62. The number of likely N-dealkylation sites (tertiary alicyclic amines) is 1. The highest BCUT2D eigenvalue weighted by Crippen LogP contribution is 2.37. The van der Waals surface area contributed by atoms with Crippen molar-refractivity contribution >= 4 is 17.7 Å². The maximum absolute atomic E-state index is 13.5. The highest BCUT2D eigenvalue weighted by atomic mass is 19.1. The van der Waals surface area contributed by atoms with Gasteiger partial charge in [-0.05, 0) is 30.9 Å². The molecule has 0 aromatic heterocycles. The predicted molar refractivity (Wildman–Crippen MR) is 85.3 cm³/mol. The third-order valence-electron chi connectivity index (χ3n) is 4.91. The van der Waals surface area contributed by atoms with Gasteiger partial charge in [0.05, 0.1) is 11.8 Å². The molecular formula is C18H21FN2O3. The zero-order valence-electron chi connectivity index (χ0n) is 13.5. The fraction of sp³-hybridized carbons (Fsp3) is 0.500. The first-order valence-electron chi connectivity index (χ1n) is 8.43. The summed E-state index contributed by atoms with van der Waals surface area (Å²) in [4.78, 5) is 37.7. The molecule has 0 bridgehead atoms. The van der Waals surface area contributed by atoms with Gasteiger partial charge in [0.2, 0.25) is 17.7 Å². The van der Waals surface area contributed by atoms with Crippen LogP contribution in [0.4, 0.5) is 4.39 Å². The van der Waals surface area contributed by atoms with Gasteiger partial charge in [0.1, 0.15) is 12.4 Å². The normalized spacial score (nSPS) is 23.3. The molecule has 2 aliphatic rings. The van der Waals surface area contributed by atoms with Crippen molar-refractivity contribution in [3.05, 3.63) is 35.6 Å². The van der Waals surface area contributed by atoms with Crippen LogP contribution in [0, 0.1) is 17.7 Å². The average Bonchev–Trinajstić information content (AvgIpc) is 2.82. The molecule has 1 heterocycles. The molecule has 5 nitrogen and oxygen atoms in total. The Morgan fingerprint density at radius 3 is 2.38 bits per heavy atom. The van der Waals surface area contributed by atoms with Crippen molar-refractivity contribution in [2.24, 2.45) is 11.8 Å². The number of amides is 3. The van der Waals surface area contributed by atoms with E-state index < -0.39 is 0 Å². The number of rotatable bonds is 5. The molecule has 2 fully saturated rings. The Bertz CT molecular complexity index is 637. The molecule has 3 rings (SSSR count). The zero-order valence-corrected chi connectivity index (χ0v) is 13.5. The van der Waals surface area contributed by atoms with Gasteiger partial charge in [-0.3, -0.25) is 19.3 Å². The minimum atomic E-state index is -0.383. The van der Waals surface area contributed by atoms with E-state index >= 15 is 0 Å². The lowest BCUT2D eigenvalue weighted by molar-refractivity contribution is -0.143. The number of imide groups is 1. The molecule has 24 heavy (non-hydrogen) atoms. The monoisotopic (exact) mass is 332 g/mol. The van der Waals surface area contributed by atoms with Crippen molar-refractivity contribution in [2.45, 2.75) is 32.1 Å². The molecule has 2 unspecified atom stereocenters. The van der Waals surface area contributed by atoms with Crippen molar-refractivity contribution in [1.29, 1.82) is 0 Å². The van der Waals surface area contributed by atoms with E-state index in [0.717, 1.165) is 30.6 Å². The van der Waals surface area contributed by atoms with Crippen LogP contribution in [0.2, 0.25) is 0 Å². The van der Waals surface area contributed by atoms with E-state index in [1.54, 1.807) is 18.2 Å². The quantitative estimate of drug-likeness (QED) is 0.834. The van der Waals surface area contributed by atoms with E-state index in [-0.39, 0.29) is 48.5 Å². The summed E-state index contributed by atoms with van der Waals surface area (Å²) >= 11 is 0. The molecule has 1 saturated heterocycles. The lowest BCUT2D eigenvalue weighted by atomic mass is 9.81. The molecule has 1 aromatic rings. The van der Waals surface area contributed by atoms with E-state index in [2.05, 4.69) is 5.32 Å². The van der Waals surface area contributed by atoms with Crippen LogP contribution in [0.25, 0.3) is 0 Å². The van der Waals surface area contributed by atoms with E-state index in [1.807, 2.05) is 0 Å². The number of benzene rings is 1. The van der Waals surface area contributed by atoms with Gasteiger partial charge in [-0.2, -0.15) is 0 Å². The summed E-state index contributed by atoms with van der Waals surface area (Å²) in [5.74, 6) is -1.59. The van der Waals surface area contributed by atoms with Gasteiger partial charge in [0, 0.05) is 6.54 Å². The Labute approximate surface area is 140 Å². The molecule has 128 valence electrons. The van der Waals surface area contributed by atoms with Crippen LogP contribution in [-0.4, -0.2) is 35.7 Å². The summed E-state index contributed by atoms with van der Waals surface area (Å²) in [5, 5.41) is 2.66. The molecule has 0 radical (unpaired) electrons. The molecular weight excluding hydrogens is 311 g/mol. The summed E-state index contributed by atoms with van der Waals surface area (Å²) in [7, 11) is 0. The highest BCUT2D eigenvalue weighted by Gasteiger charge is 2.48. The number of hydrogen-bond acceptors (Lipinski definition) is 3. The first-order valence-corrected chi connectivity index (χ1v) is 8.43. The van der Waals surface area contributed by atoms with Gasteiger partial charge in [0.15, 0.2) is 0 Å². The molecule has 1 saturated carbocycles. The molecule has 1 aliphatic heterocycles. The topological polar surface area (TPSA) is 66.5 Å². The molecule has 1 N–H and O–H groups in total. The van der Waals surface area contributed by atoms with Crippen LogP contribution < -0.4 is 5.32 Å².